The van der Waals surface area contributed by atoms with E-state index in [0.717, 1.165) is 122 Å². The fourth-order valence-corrected chi connectivity index (χ4v) is 9.66. The Morgan fingerprint density at radius 3 is 0.782 bits per heavy atom. The van der Waals surface area contributed by atoms with Gasteiger partial charge in [-0.05, 0) is 77.0 Å². The zero-order valence-electron chi connectivity index (χ0n) is 51.7. The maximum Gasteiger partial charge on any atom is 0.306 e. The van der Waals surface area contributed by atoms with Gasteiger partial charge in [-0.3, -0.25) is 14.4 Å². The fourth-order valence-electron chi connectivity index (χ4n) is 9.66. The van der Waals surface area contributed by atoms with Crippen molar-refractivity contribution in [2.24, 2.45) is 0 Å². The summed E-state index contributed by atoms with van der Waals surface area (Å²) in [6, 6.07) is 0. The Bertz CT molecular complexity index is 1480. The number of ether oxygens (including phenoxy) is 3. The number of hydrogen-bond acceptors (Lipinski definition) is 6. The van der Waals surface area contributed by atoms with Gasteiger partial charge in [-0.2, -0.15) is 0 Å². The molecule has 78 heavy (non-hydrogen) atoms. The third-order valence-corrected chi connectivity index (χ3v) is 14.7. The van der Waals surface area contributed by atoms with E-state index >= 15 is 0 Å². The number of allylic oxidation sites excluding steroid dienone is 14. The standard InChI is InChI=1S/C72H126O6/c1-4-7-10-13-16-19-22-25-27-29-31-33-34-35-36-37-38-39-41-42-44-47-50-53-56-59-62-65-71(74)77-68-69(67-76-70(73)64-61-58-55-52-49-46-24-21-18-15-12-9-6-3)78-72(75)66-63-60-57-54-51-48-45-43-40-32-30-28-26-23-20-17-14-11-8-5-2/h7,10,16,19,25,27,31,33,35-36,38-39,42,44,69H,4-6,8-9,11-15,17-18,20-24,26,28-30,32,34,37,40-41,43,45-68H2,1-3H3/b10-7-,19-16-,27-25-,33-31-,36-35-,39-38-,44-42-. The summed E-state index contributed by atoms with van der Waals surface area (Å²) in [4.78, 5) is 38.4. The van der Waals surface area contributed by atoms with E-state index in [9.17, 15) is 14.4 Å². The molecule has 0 aromatic carbocycles. The summed E-state index contributed by atoms with van der Waals surface area (Å²) in [6.45, 7) is 6.56. The first-order valence-corrected chi connectivity index (χ1v) is 33.6. The first kappa shape index (κ1) is 74.6. The van der Waals surface area contributed by atoms with Crippen LogP contribution in [0.25, 0.3) is 0 Å². The molecule has 0 saturated heterocycles. The normalized spacial score (nSPS) is 12.6. The van der Waals surface area contributed by atoms with Gasteiger partial charge in [-0.25, -0.2) is 0 Å². The molecule has 0 saturated carbocycles. The van der Waals surface area contributed by atoms with Crippen molar-refractivity contribution in [1.82, 2.24) is 0 Å². The van der Waals surface area contributed by atoms with Crippen molar-refractivity contribution < 1.29 is 28.6 Å². The second kappa shape index (κ2) is 66.1. The van der Waals surface area contributed by atoms with Gasteiger partial charge in [-0.15, -0.1) is 0 Å². The van der Waals surface area contributed by atoms with E-state index in [2.05, 4.69) is 106 Å². The third kappa shape index (κ3) is 63.4. The summed E-state index contributed by atoms with van der Waals surface area (Å²) in [5, 5.41) is 0. The van der Waals surface area contributed by atoms with Crippen LogP contribution in [0.1, 0.15) is 335 Å². The third-order valence-electron chi connectivity index (χ3n) is 14.7. The number of carbonyl (C=O) groups excluding carboxylic acids is 3. The van der Waals surface area contributed by atoms with Crippen LogP contribution >= 0.6 is 0 Å². The highest BCUT2D eigenvalue weighted by molar-refractivity contribution is 5.71. The molecule has 1 atom stereocenters. The van der Waals surface area contributed by atoms with Crippen molar-refractivity contribution in [1.29, 1.82) is 0 Å². The minimum absolute atomic E-state index is 0.0780. The van der Waals surface area contributed by atoms with Crippen molar-refractivity contribution >= 4 is 17.9 Å². The van der Waals surface area contributed by atoms with Crippen molar-refractivity contribution in [3.63, 3.8) is 0 Å². The smallest absolute Gasteiger partial charge is 0.306 e. The highest BCUT2D eigenvalue weighted by Gasteiger charge is 2.19. The Kier molecular flexibility index (Phi) is 63.2. The fraction of sp³-hybridized carbons (Fsp3) is 0.764. The highest BCUT2D eigenvalue weighted by atomic mass is 16.6. The number of esters is 3. The molecule has 0 aliphatic rings. The predicted molar refractivity (Wildman–Crippen MR) is 339 cm³/mol. The van der Waals surface area contributed by atoms with Crippen LogP contribution in [0.5, 0.6) is 0 Å². The van der Waals surface area contributed by atoms with E-state index in [1.54, 1.807) is 0 Å². The van der Waals surface area contributed by atoms with Crippen molar-refractivity contribution in [3.05, 3.63) is 85.1 Å². The topological polar surface area (TPSA) is 78.9 Å². The van der Waals surface area contributed by atoms with Crippen molar-refractivity contribution in [2.45, 2.75) is 341 Å². The molecule has 6 heteroatoms. The van der Waals surface area contributed by atoms with Gasteiger partial charge in [-0.1, -0.05) is 324 Å². The molecule has 0 aliphatic carbocycles. The van der Waals surface area contributed by atoms with Crippen molar-refractivity contribution in [2.75, 3.05) is 13.2 Å². The maximum atomic E-state index is 12.9. The Hall–Kier alpha value is -3.41. The van der Waals surface area contributed by atoms with Crippen LogP contribution in [-0.2, 0) is 28.6 Å². The lowest BCUT2D eigenvalue weighted by atomic mass is 10.0. The average molecular weight is 1090 g/mol. The van der Waals surface area contributed by atoms with Gasteiger partial charge in [0.1, 0.15) is 13.2 Å². The minimum atomic E-state index is -0.783. The van der Waals surface area contributed by atoms with E-state index in [-0.39, 0.29) is 31.1 Å². The molecule has 450 valence electrons. The monoisotopic (exact) mass is 1090 g/mol. The second-order valence-electron chi connectivity index (χ2n) is 22.4. The van der Waals surface area contributed by atoms with E-state index in [4.69, 9.17) is 14.2 Å². The maximum absolute atomic E-state index is 12.9. The van der Waals surface area contributed by atoms with Crippen LogP contribution in [0.15, 0.2) is 85.1 Å². The second-order valence-corrected chi connectivity index (χ2v) is 22.4. The van der Waals surface area contributed by atoms with Gasteiger partial charge in [0.2, 0.25) is 0 Å². The Morgan fingerprint density at radius 2 is 0.500 bits per heavy atom. The lowest BCUT2D eigenvalue weighted by Gasteiger charge is -2.18. The summed E-state index contributed by atoms with van der Waals surface area (Å²) in [7, 11) is 0. The molecule has 0 fully saturated rings. The van der Waals surface area contributed by atoms with E-state index in [1.807, 2.05) is 0 Å². The van der Waals surface area contributed by atoms with E-state index < -0.39 is 6.10 Å². The lowest BCUT2D eigenvalue weighted by molar-refractivity contribution is -0.167. The first-order chi connectivity index (χ1) is 38.5. The van der Waals surface area contributed by atoms with Crippen LogP contribution in [-0.4, -0.2) is 37.2 Å². The summed E-state index contributed by atoms with van der Waals surface area (Å²) < 4.78 is 16.9. The molecule has 0 aromatic heterocycles. The zero-order chi connectivity index (χ0) is 56.4. The summed E-state index contributed by atoms with van der Waals surface area (Å²) >= 11 is 0. The van der Waals surface area contributed by atoms with E-state index in [0.29, 0.717) is 19.3 Å². The molecule has 0 bridgehead atoms. The molecular formula is C72H126O6. The van der Waals surface area contributed by atoms with E-state index in [1.165, 1.54) is 173 Å². The molecule has 0 N–H and O–H groups in total. The molecular weight excluding hydrogens is 961 g/mol. The summed E-state index contributed by atoms with van der Waals surface area (Å²) in [5.41, 5.74) is 0. The Morgan fingerprint density at radius 1 is 0.269 bits per heavy atom. The molecule has 0 heterocycles. The molecule has 6 nitrogen and oxygen atoms in total. The summed E-state index contributed by atoms with van der Waals surface area (Å²) in [5.74, 6) is -0.879. The number of rotatable bonds is 61. The predicted octanol–water partition coefficient (Wildman–Crippen LogP) is 23.1. The highest BCUT2D eigenvalue weighted by Crippen LogP contribution is 2.17. The largest absolute Gasteiger partial charge is 0.462 e. The van der Waals surface area contributed by atoms with Crippen LogP contribution in [0.4, 0.5) is 0 Å². The average Bonchev–Trinajstić information content (AvgIpc) is 3.44. The van der Waals surface area contributed by atoms with Crippen LogP contribution in [0, 0.1) is 0 Å². The van der Waals surface area contributed by atoms with Gasteiger partial charge in [0.15, 0.2) is 6.10 Å². The van der Waals surface area contributed by atoms with Gasteiger partial charge in [0, 0.05) is 19.3 Å². The lowest BCUT2D eigenvalue weighted by Crippen LogP contribution is -2.30. The first-order valence-electron chi connectivity index (χ1n) is 33.6. The summed E-state index contributed by atoms with van der Waals surface area (Å²) in [6.07, 6.45) is 87.4. The SMILES string of the molecule is CC/C=C\C/C=C\C/C=C\C/C=C\C/C=C\C/C=C\C/C=C\CCCCCCCC(=O)OCC(COC(=O)CCCCCCCCCCCCCCC)OC(=O)CCCCCCCCCCCCCCCCCCCCCC. The molecule has 0 radical (unpaired) electrons. The molecule has 0 spiro atoms. The van der Waals surface area contributed by atoms with Crippen molar-refractivity contribution in [3.8, 4) is 0 Å². The Balaban J connectivity index is 4.34. The minimum Gasteiger partial charge on any atom is -0.462 e. The van der Waals surface area contributed by atoms with Crippen LogP contribution in [0.2, 0.25) is 0 Å². The van der Waals surface area contributed by atoms with Gasteiger partial charge < -0.3 is 14.2 Å². The molecule has 1 unspecified atom stereocenters. The Labute approximate surface area is 484 Å². The number of unbranched alkanes of at least 4 members (excludes halogenated alkanes) is 36. The zero-order valence-corrected chi connectivity index (χ0v) is 51.7. The molecule has 0 aromatic rings. The molecule has 0 aliphatic heterocycles. The molecule has 0 rings (SSSR count). The number of hydrogen-bond donors (Lipinski definition) is 0. The molecule has 0 amide bonds. The quantitative estimate of drug-likeness (QED) is 0.0261. The van der Waals surface area contributed by atoms with Gasteiger partial charge >= 0.3 is 17.9 Å². The van der Waals surface area contributed by atoms with Crippen LogP contribution < -0.4 is 0 Å². The number of carbonyl (C=O) groups is 3. The van der Waals surface area contributed by atoms with Gasteiger partial charge in [0.25, 0.3) is 0 Å². The van der Waals surface area contributed by atoms with Gasteiger partial charge in [0.05, 0.1) is 0 Å². The van der Waals surface area contributed by atoms with Crippen LogP contribution in [0.3, 0.4) is 0 Å².